The first-order chi connectivity index (χ1) is 10.3. The molecule has 4 atom stereocenters. The SMILES string of the molecule is CC(C(=O)N1CCS(=O)(=O)C(C)C1C)C(N)c1ccccc1.Cl. The number of carbonyl (C=O) groups is 1. The normalized spacial score (nSPS) is 26.0. The maximum Gasteiger partial charge on any atom is 0.227 e. The van der Waals surface area contributed by atoms with Gasteiger partial charge in [-0.3, -0.25) is 4.79 Å². The van der Waals surface area contributed by atoms with Crippen molar-refractivity contribution in [1.29, 1.82) is 0 Å². The first-order valence-corrected chi connectivity index (χ1v) is 9.30. The molecule has 4 unspecified atom stereocenters. The van der Waals surface area contributed by atoms with E-state index in [1.54, 1.807) is 25.7 Å². The fourth-order valence-corrected chi connectivity index (χ4v) is 4.43. The fraction of sp³-hybridized carbons (Fsp3) is 0.562. The summed E-state index contributed by atoms with van der Waals surface area (Å²) < 4.78 is 23.8. The molecule has 1 aliphatic rings. The van der Waals surface area contributed by atoms with Gasteiger partial charge in [0.15, 0.2) is 9.84 Å². The second-order valence-electron chi connectivity index (χ2n) is 6.07. The summed E-state index contributed by atoms with van der Waals surface area (Å²) in [5, 5.41) is -0.537. The van der Waals surface area contributed by atoms with Gasteiger partial charge in [-0.05, 0) is 19.4 Å². The van der Waals surface area contributed by atoms with Crippen LogP contribution in [0.2, 0.25) is 0 Å². The Kier molecular flexibility index (Phi) is 6.62. The van der Waals surface area contributed by atoms with Crippen molar-refractivity contribution in [2.45, 2.75) is 38.1 Å². The standard InChI is InChI=1S/C16H24N2O3S.ClH/c1-11(15(17)14-7-5-4-6-8-14)16(19)18-9-10-22(20,21)13(3)12(18)2;/h4-8,11-13,15H,9-10,17H2,1-3H3;1H. The van der Waals surface area contributed by atoms with Gasteiger partial charge < -0.3 is 10.6 Å². The van der Waals surface area contributed by atoms with E-state index < -0.39 is 27.0 Å². The molecule has 1 aromatic rings. The van der Waals surface area contributed by atoms with Crippen molar-refractivity contribution in [2.75, 3.05) is 12.3 Å². The second-order valence-corrected chi connectivity index (χ2v) is 8.55. The van der Waals surface area contributed by atoms with E-state index in [4.69, 9.17) is 5.73 Å². The summed E-state index contributed by atoms with van der Waals surface area (Å²) in [5.74, 6) is -0.444. The second kappa shape index (κ2) is 7.64. The van der Waals surface area contributed by atoms with Crippen molar-refractivity contribution in [1.82, 2.24) is 4.90 Å². The number of benzene rings is 1. The fourth-order valence-electron chi connectivity index (χ4n) is 2.86. The smallest absolute Gasteiger partial charge is 0.227 e. The molecule has 2 rings (SSSR count). The van der Waals surface area contributed by atoms with Gasteiger partial charge in [-0.15, -0.1) is 12.4 Å². The Balaban J connectivity index is 0.00000264. The van der Waals surface area contributed by atoms with E-state index in [0.717, 1.165) is 5.56 Å². The molecule has 2 N–H and O–H groups in total. The van der Waals surface area contributed by atoms with Gasteiger partial charge in [0, 0.05) is 18.6 Å². The highest BCUT2D eigenvalue weighted by molar-refractivity contribution is 7.92. The summed E-state index contributed by atoms with van der Waals surface area (Å²) in [5.41, 5.74) is 7.12. The van der Waals surface area contributed by atoms with Gasteiger partial charge in [-0.1, -0.05) is 37.3 Å². The third-order valence-corrected chi connectivity index (χ3v) is 7.03. The van der Waals surface area contributed by atoms with Crippen molar-refractivity contribution in [3.05, 3.63) is 35.9 Å². The van der Waals surface area contributed by atoms with Crippen LogP contribution in [0.15, 0.2) is 30.3 Å². The summed E-state index contributed by atoms with van der Waals surface area (Å²) in [6.45, 7) is 5.51. The molecule has 0 saturated carbocycles. The third kappa shape index (κ3) is 4.05. The lowest BCUT2D eigenvalue weighted by Crippen LogP contribution is -2.56. The molecule has 0 bridgehead atoms. The van der Waals surface area contributed by atoms with E-state index in [1.807, 2.05) is 30.3 Å². The van der Waals surface area contributed by atoms with Crippen molar-refractivity contribution in [2.24, 2.45) is 11.7 Å². The van der Waals surface area contributed by atoms with Crippen molar-refractivity contribution in [3.63, 3.8) is 0 Å². The summed E-state index contributed by atoms with van der Waals surface area (Å²) in [4.78, 5) is 14.4. The van der Waals surface area contributed by atoms with Crippen molar-refractivity contribution < 1.29 is 13.2 Å². The van der Waals surface area contributed by atoms with Gasteiger partial charge in [-0.25, -0.2) is 8.42 Å². The molecule has 0 aromatic heterocycles. The van der Waals surface area contributed by atoms with Crippen molar-refractivity contribution in [3.8, 4) is 0 Å². The molecule has 1 saturated heterocycles. The Morgan fingerprint density at radius 3 is 2.39 bits per heavy atom. The number of carbonyl (C=O) groups excluding carboxylic acids is 1. The molecule has 0 spiro atoms. The minimum atomic E-state index is -3.10. The number of amides is 1. The van der Waals surface area contributed by atoms with Crippen LogP contribution in [0.3, 0.4) is 0 Å². The lowest BCUT2D eigenvalue weighted by Gasteiger charge is -2.39. The van der Waals surface area contributed by atoms with E-state index in [9.17, 15) is 13.2 Å². The average molecular weight is 361 g/mol. The van der Waals surface area contributed by atoms with Gasteiger partial charge >= 0.3 is 0 Å². The largest absolute Gasteiger partial charge is 0.337 e. The number of sulfone groups is 1. The molecule has 130 valence electrons. The number of hydrogen-bond acceptors (Lipinski definition) is 4. The van der Waals surface area contributed by atoms with Crippen LogP contribution in [0.25, 0.3) is 0 Å². The summed E-state index contributed by atoms with van der Waals surface area (Å²) in [7, 11) is -3.10. The van der Waals surface area contributed by atoms with E-state index in [1.165, 1.54) is 0 Å². The molecule has 23 heavy (non-hydrogen) atoms. The Morgan fingerprint density at radius 1 is 1.26 bits per heavy atom. The summed E-state index contributed by atoms with van der Waals surface area (Å²) >= 11 is 0. The molecule has 0 aliphatic carbocycles. The molecule has 1 aromatic carbocycles. The van der Waals surface area contributed by atoms with Crippen LogP contribution in [0.1, 0.15) is 32.4 Å². The van der Waals surface area contributed by atoms with E-state index in [-0.39, 0.29) is 36.7 Å². The molecule has 1 heterocycles. The first kappa shape index (κ1) is 19.9. The van der Waals surface area contributed by atoms with Gasteiger partial charge in [-0.2, -0.15) is 0 Å². The highest BCUT2D eigenvalue weighted by atomic mass is 35.5. The van der Waals surface area contributed by atoms with Crippen LogP contribution in [0.5, 0.6) is 0 Å². The highest BCUT2D eigenvalue weighted by Crippen LogP contribution is 2.26. The Hall–Kier alpha value is -1.11. The lowest BCUT2D eigenvalue weighted by molar-refractivity contribution is -0.137. The number of rotatable bonds is 3. The number of nitrogens with two attached hydrogens (primary N) is 1. The summed E-state index contributed by atoms with van der Waals surface area (Å²) in [6, 6.07) is 8.78. The van der Waals surface area contributed by atoms with Gasteiger partial charge in [0.25, 0.3) is 0 Å². The number of nitrogens with zero attached hydrogens (tertiary/aromatic N) is 1. The summed E-state index contributed by atoms with van der Waals surface area (Å²) in [6.07, 6.45) is 0. The quantitative estimate of drug-likeness (QED) is 0.890. The van der Waals surface area contributed by atoms with Crippen LogP contribution in [0, 0.1) is 5.92 Å². The molecule has 0 radical (unpaired) electrons. The third-order valence-electron chi connectivity index (χ3n) is 4.75. The number of halogens is 1. The van der Waals surface area contributed by atoms with E-state index in [0.29, 0.717) is 0 Å². The van der Waals surface area contributed by atoms with Crippen LogP contribution in [0.4, 0.5) is 0 Å². The molecule has 1 fully saturated rings. The predicted molar refractivity (Wildman–Crippen MR) is 94.2 cm³/mol. The Bertz CT molecular complexity index is 636. The molecular weight excluding hydrogens is 336 g/mol. The van der Waals surface area contributed by atoms with Gasteiger partial charge in [0.2, 0.25) is 5.91 Å². The predicted octanol–water partition coefficient (Wildman–Crippen LogP) is 1.78. The monoisotopic (exact) mass is 360 g/mol. The molecule has 5 nitrogen and oxygen atoms in total. The average Bonchev–Trinajstić information content (AvgIpc) is 2.51. The Labute approximate surface area is 144 Å². The van der Waals surface area contributed by atoms with Gasteiger partial charge in [0.1, 0.15) is 0 Å². The molecule has 1 amide bonds. The first-order valence-electron chi connectivity index (χ1n) is 7.58. The zero-order valence-corrected chi connectivity index (χ0v) is 15.3. The van der Waals surface area contributed by atoms with Crippen LogP contribution >= 0.6 is 12.4 Å². The highest BCUT2D eigenvalue weighted by Gasteiger charge is 2.40. The minimum absolute atomic E-state index is 0. The molecular formula is C16H25ClN2O3S. The van der Waals surface area contributed by atoms with E-state index >= 15 is 0 Å². The minimum Gasteiger partial charge on any atom is -0.337 e. The lowest BCUT2D eigenvalue weighted by atomic mass is 9.93. The zero-order valence-electron chi connectivity index (χ0n) is 13.7. The topological polar surface area (TPSA) is 80.5 Å². The maximum atomic E-state index is 12.7. The van der Waals surface area contributed by atoms with Crippen LogP contribution in [-0.4, -0.2) is 42.8 Å². The number of hydrogen-bond donors (Lipinski definition) is 1. The van der Waals surface area contributed by atoms with E-state index in [2.05, 4.69) is 0 Å². The van der Waals surface area contributed by atoms with Crippen LogP contribution in [-0.2, 0) is 14.6 Å². The Morgan fingerprint density at radius 2 is 1.83 bits per heavy atom. The van der Waals surface area contributed by atoms with Gasteiger partial charge in [0.05, 0.1) is 16.9 Å². The van der Waals surface area contributed by atoms with Crippen LogP contribution < -0.4 is 5.73 Å². The zero-order chi connectivity index (χ0) is 16.5. The van der Waals surface area contributed by atoms with Crippen molar-refractivity contribution >= 4 is 28.2 Å². The maximum absolute atomic E-state index is 12.7. The molecule has 1 aliphatic heterocycles. The molecule has 7 heteroatoms.